The lowest BCUT2D eigenvalue weighted by Gasteiger charge is -2.33. The topological polar surface area (TPSA) is 127 Å². The van der Waals surface area contributed by atoms with Gasteiger partial charge in [0.2, 0.25) is 11.8 Å². The van der Waals surface area contributed by atoms with Crippen molar-refractivity contribution in [1.29, 1.82) is 0 Å². The van der Waals surface area contributed by atoms with E-state index in [1.807, 2.05) is 85.8 Å². The molecule has 1 unspecified atom stereocenters. The third-order valence-electron chi connectivity index (χ3n) is 7.75. The molecule has 43 heavy (non-hydrogen) atoms. The van der Waals surface area contributed by atoms with Crippen molar-refractivity contribution in [3.63, 3.8) is 0 Å². The van der Waals surface area contributed by atoms with E-state index in [9.17, 15) is 14.4 Å². The molecule has 4 aromatic rings. The fourth-order valence-corrected chi connectivity index (χ4v) is 5.69. The van der Waals surface area contributed by atoms with E-state index >= 15 is 0 Å². The molecule has 0 spiro atoms. The van der Waals surface area contributed by atoms with Crippen molar-refractivity contribution in [3.05, 3.63) is 102 Å². The monoisotopic (exact) mass is 579 g/mol. The van der Waals surface area contributed by atoms with Crippen molar-refractivity contribution < 1.29 is 19.1 Å². The minimum absolute atomic E-state index is 0.133. The number of nitrogens with one attached hydrogen (secondary N) is 2. The molecule has 9 nitrogen and oxygen atoms in total. The fourth-order valence-electron chi connectivity index (χ4n) is 5.69. The highest BCUT2D eigenvalue weighted by Gasteiger charge is 2.41. The molecule has 0 bridgehead atoms. The predicted molar refractivity (Wildman–Crippen MR) is 167 cm³/mol. The number of carbonyl (C=O) groups excluding carboxylic acids is 3. The number of benzene rings is 3. The van der Waals surface area contributed by atoms with Crippen LogP contribution in [0, 0.1) is 0 Å². The van der Waals surface area contributed by atoms with Gasteiger partial charge in [-0.15, -0.1) is 0 Å². The number of amides is 2. The number of pyridine rings is 1. The molecule has 2 amide bonds. The number of esters is 1. The normalized spacial score (nSPS) is 15.4. The third kappa shape index (κ3) is 7.01. The van der Waals surface area contributed by atoms with Crippen LogP contribution in [0.4, 0.5) is 11.5 Å². The molecule has 2 atom stereocenters. The van der Waals surface area contributed by atoms with Gasteiger partial charge in [-0.1, -0.05) is 67.6 Å². The number of carbonyl (C=O) groups is 3. The van der Waals surface area contributed by atoms with Crippen LogP contribution in [0.3, 0.4) is 0 Å². The van der Waals surface area contributed by atoms with E-state index in [2.05, 4.69) is 15.6 Å². The summed E-state index contributed by atoms with van der Waals surface area (Å²) in [5.41, 5.74) is 8.44. The molecule has 3 aromatic carbocycles. The lowest BCUT2D eigenvalue weighted by molar-refractivity contribution is -0.143. The average Bonchev–Trinajstić information content (AvgIpc) is 3.53. The number of nitrogen functional groups attached to an aromatic ring is 1. The summed E-state index contributed by atoms with van der Waals surface area (Å²) in [6, 6.07) is 25.3. The number of fused-ring (bicyclic) bond motifs is 1. The van der Waals surface area contributed by atoms with E-state index in [-0.39, 0.29) is 18.4 Å². The molecule has 222 valence electrons. The molecular weight excluding hydrogens is 542 g/mol. The van der Waals surface area contributed by atoms with Gasteiger partial charge < -0.3 is 20.7 Å². The number of likely N-dealkylation sites (tertiary alicyclic amines) is 1. The number of nitrogens with zero attached hydrogens (tertiary/aromatic N) is 2. The Kier molecular flexibility index (Phi) is 9.63. The highest BCUT2D eigenvalue weighted by molar-refractivity contribution is 6.01. The first-order valence-electron chi connectivity index (χ1n) is 14.7. The van der Waals surface area contributed by atoms with Crippen LogP contribution in [0.5, 0.6) is 0 Å². The molecule has 0 aliphatic carbocycles. The highest BCUT2D eigenvalue weighted by Crippen LogP contribution is 2.31. The molecular formula is C34H37N5O4. The Morgan fingerprint density at radius 1 is 1.00 bits per heavy atom. The number of nitrogens with two attached hydrogens (primary N) is 1. The first-order chi connectivity index (χ1) is 21.0. The summed E-state index contributed by atoms with van der Waals surface area (Å²) >= 11 is 0. The Morgan fingerprint density at radius 3 is 2.37 bits per heavy atom. The smallest absolute Gasteiger partial charge is 0.319 e. The largest absolute Gasteiger partial charge is 0.465 e. The van der Waals surface area contributed by atoms with Gasteiger partial charge in [-0.05, 0) is 60.0 Å². The molecule has 1 saturated heterocycles. The van der Waals surface area contributed by atoms with Gasteiger partial charge in [0.25, 0.3) is 0 Å². The van der Waals surface area contributed by atoms with Crippen LogP contribution < -0.4 is 16.4 Å². The van der Waals surface area contributed by atoms with E-state index in [0.29, 0.717) is 43.9 Å². The van der Waals surface area contributed by atoms with Crippen molar-refractivity contribution in [1.82, 2.24) is 15.2 Å². The molecule has 2 heterocycles. The summed E-state index contributed by atoms with van der Waals surface area (Å²) in [4.78, 5) is 46.4. The van der Waals surface area contributed by atoms with Crippen LogP contribution >= 0.6 is 0 Å². The SMILES string of the molecule is CCCOC(=O)CNC(C(=O)N1CCC[C@H]1C(=O)Nc1ccc2c(N)nccc2c1)C(c1ccccc1)c1ccccc1. The molecule has 1 aliphatic rings. The lowest BCUT2D eigenvalue weighted by Crippen LogP contribution is -2.54. The second kappa shape index (κ2) is 13.9. The number of anilines is 2. The number of rotatable bonds is 11. The molecule has 1 fully saturated rings. The zero-order chi connectivity index (χ0) is 30.2. The number of aromatic nitrogens is 1. The van der Waals surface area contributed by atoms with Gasteiger partial charge in [0.05, 0.1) is 19.2 Å². The van der Waals surface area contributed by atoms with E-state index in [0.717, 1.165) is 21.9 Å². The summed E-state index contributed by atoms with van der Waals surface area (Å²) < 4.78 is 5.30. The van der Waals surface area contributed by atoms with Crippen LogP contribution in [0.1, 0.15) is 43.2 Å². The Hall–Kier alpha value is -4.76. The van der Waals surface area contributed by atoms with Gasteiger partial charge in [0.1, 0.15) is 11.9 Å². The van der Waals surface area contributed by atoms with E-state index in [1.54, 1.807) is 17.2 Å². The molecule has 1 aliphatic heterocycles. The van der Waals surface area contributed by atoms with Gasteiger partial charge in [-0.25, -0.2) is 4.98 Å². The number of hydrogen-bond donors (Lipinski definition) is 3. The van der Waals surface area contributed by atoms with Crippen molar-refractivity contribution >= 4 is 40.1 Å². The maximum atomic E-state index is 14.5. The van der Waals surface area contributed by atoms with Crippen molar-refractivity contribution in [2.24, 2.45) is 0 Å². The Balaban J connectivity index is 1.42. The second-order valence-corrected chi connectivity index (χ2v) is 10.7. The summed E-state index contributed by atoms with van der Waals surface area (Å²) in [6.45, 7) is 2.54. The van der Waals surface area contributed by atoms with Crippen LogP contribution in [0.15, 0.2) is 91.1 Å². The lowest BCUT2D eigenvalue weighted by atomic mass is 9.84. The first kappa shape index (κ1) is 29.7. The van der Waals surface area contributed by atoms with Crippen LogP contribution in [-0.4, -0.2) is 59.4 Å². The standard InChI is InChI=1S/C34H37N5O4/c1-2-20-43-29(40)22-37-31(30(23-10-5-3-6-11-23)24-12-7-4-8-13-24)34(42)39-19-9-14-28(39)33(41)38-26-15-16-27-25(21-26)17-18-36-32(27)35/h3-8,10-13,15-18,21,28,30-31,37H,2,9,14,19-20,22H2,1H3,(H2,35,36)(H,38,41)/t28-,31?/m0/s1. The predicted octanol–water partition coefficient (Wildman–Crippen LogP) is 4.49. The summed E-state index contributed by atoms with van der Waals surface area (Å²) in [5, 5.41) is 7.88. The first-order valence-corrected chi connectivity index (χ1v) is 14.7. The molecule has 0 radical (unpaired) electrons. The Bertz CT molecular complexity index is 1520. The van der Waals surface area contributed by atoms with Gasteiger partial charge in [-0.3, -0.25) is 19.7 Å². The summed E-state index contributed by atoms with van der Waals surface area (Å²) in [5.74, 6) is -0.910. The zero-order valence-electron chi connectivity index (χ0n) is 24.2. The molecule has 0 saturated carbocycles. The van der Waals surface area contributed by atoms with E-state index in [4.69, 9.17) is 10.5 Å². The molecule has 9 heteroatoms. The Labute approximate surface area is 251 Å². The maximum absolute atomic E-state index is 14.5. The quantitative estimate of drug-likeness (QED) is 0.224. The molecule has 5 rings (SSSR count). The van der Waals surface area contributed by atoms with Gasteiger partial charge >= 0.3 is 5.97 Å². The molecule has 4 N–H and O–H groups in total. The highest BCUT2D eigenvalue weighted by atomic mass is 16.5. The third-order valence-corrected chi connectivity index (χ3v) is 7.75. The minimum Gasteiger partial charge on any atom is -0.465 e. The summed E-state index contributed by atoms with van der Waals surface area (Å²) in [7, 11) is 0. The van der Waals surface area contributed by atoms with Gasteiger partial charge in [0, 0.05) is 29.7 Å². The van der Waals surface area contributed by atoms with Crippen LogP contribution in [0.2, 0.25) is 0 Å². The van der Waals surface area contributed by atoms with Crippen LogP contribution in [-0.2, 0) is 19.1 Å². The second-order valence-electron chi connectivity index (χ2n) is 10.7. The van der Waals surface area contributed by atoms with Crippen molar-refractivity contribution in [2.45, 2.75) is 44.2 Å². The van der Waals surface area contributed by atoms with Crippen molar-refractivity contribution in [3.8, 4) is 0 Å². The summed E-state index contributed by atoms with van der Waals surface area (Å²) in [6.07, 6.45) is 3.56. The fraction of sp³-hybridized carbons (Fsp3) is 0.294. The molecule has 1 aromatic heterocycles. The van der Waals surface area contributed by atoms with Crippen molar-refractivity contribution in [2.75, 3.05) is 30.7 Å². The number of hydrogen-bond acceptors (Lipinski definition) is 7. The minimum atomic E-state index is -0.816. The Morgan fingerprint density at radius 2 is 1.70 bits per heavy atom. The number of ether oxygens (including phenoxy) is 1. The van der Waals surface area contributed by atoms with Gasteiger partial charge in [-0.2, -0.15) is 0 Å². The van der Waals surface area contributed by atoms with Gasteiger partial charge in [0.15, 0.2) is 0 Å². The van der Waals surface area contributed by atoms with E-state index in [1.165, 1.54) is 0 Å². The average molecular weight is 580 g/mol. The van der Waals surface area contributed by atoms with Crippen LogP contribution in [0.25, 0.3) is 10.8 Å². The van der Waals surface area contributed by atoms with E-state index < -0.39 is 24.0 Å². The maximum Gasteiger partial charge on any atom is 0.319 e. The zero-order valence-corrected chi connectivity index (χ0v) is 24.2.